The fourth-order valence-electron chi connectivity index (χ4n) is 2.37. The number of benzene rings is 1. The third kappa shape index (κ3) is 3.05. The molecule has 0 bridgehead atoms. The highest BCUT2D eigenvalue weighted by molar-refractivity contribution is 9.10. The average Bonchev–Trinajstić information content (AvgIpc) is 2.78. The summed E-state index contributed by atoms with van der Waals surface area (Å²) in [5.74, 6) is 1.27. The summed E-state index contributed by atoms with van der Waals surface area (Å²) in [4.78, 5) is 4.51. The van der Waals surface area contributed by atoms with Crippen molar-refractivity contribution in [1.82, 2.24) is 15.5 Å². The molecule has 4 nitrogen and oxygen atoms in total. The monoisotopic (exact) mass is 355 g/mol. The minimum atomic E-state index is 0.175. The van der Waals surface area contributed by atoms with E-state index in [1.54, 1.807) is 0 Å². The number of nitrogens with zero attached hydrogens (tertiary/aromatic N) is 2. The van der Waals surface area contributed by atoms with Crippen molar-refractivity contribution in [3.63, 3.8) is 0 Å². The summed E-state index contributed by atoms with van der Waals surface area (Å²) in [6, 6.07) is 5.79. The van der Waals surface area contributed by atoms with Crippen molar-refractivity contribution in [2.45, 2.75) is 31.7 Å². The quantitative estimate of drug-likeness (QED) is 0.868. The van der Waals surface area contributed by atoms with Crippen LogP contribution in [0.4, 0.5) is 0 Å². The van der Waals surface area contributed by atoms with Gasteiger partial charge in [0.05, 0.1) is 11.1 Å². The zero-order valence-corrected chi connectivity index (χ0v) is 13.2. The van der Waals surface area contributed by atoms with Crippen molar-refractivity contribution in [2.24, 2.45) is 0 Å². The zero-order valence-electron chi connectivity index (χ0n) is 10.9. The number of rotatable bonds is 2. The zero-order chi connectivity index (χ0) is 13.9. The molecule has 1 aromatic heterocycles. The number of hydrogen-bond acceptors (Lipinski definition) is 4. The second-order valence-electron chi connectivity index (χ2n) is 4.94. The maximum atomic E-state index is 5.99. The maximum absolute atomic E-state index is 5.99. The molecule has 1 fully saturated rings. The van der Waals surface area contributed by atoms with Crippen LogP contribution in [0.3, 0.4) is 0 Å². The lowest BCUT2D eigenvalue weighted by Crippen LogP contribution is -2.20. The van der Waals surface area contributed by atoms with Crippen LogP contribution in [-0.4, -0.2) is 16.7 Å². The van der Waals surface area contributed by atoms with Crippen molar-refractivity contribution >= 4 is 27.5 Å². The van der Waals surface area contributed by atoms with Gasteiger partial charge in [-0.25, -0.2) is 0 Å². The Balaban J connectivity index is 1.83. The van der Waals surface area contributed by atoms with Crippen molar-refractivity contribution in [3.05, 3.63) is 33.6 Å². The lowest BCUT2D eigenvalue weighted by atomic mass is 10.1. The number of hydrogen-bond donors (Lipinski definition) is 1. The molecule has 1 aliphatic rings. The van der Waals surface area contributed by atoms with Crippen molar-refractivity contribution in [3.8, 4) is 11.4 Å². The van der Waals surface area contributed by atoms with Gasteiger partial charge < -0.3 is 9.84 Å². The normalized spacial score (nSPS) is 19.8. The second-order valence-corrected chi connectivity index (χ2v) is 6.20. The fraction of sp³-hybridized carbons (Fsp3) is 0.429. The molecule has 1 atom stereocenters. The van der Waals surface area contributed by atoms with Crippen LogP contribution in [0.25, 0.3) is 11.4 Å². The third-order valence-electron chi connectivity index (χ3n) is 3.48. The van der Waals surface area contributed by atoms with E-state index in [0.717, 1.165) is 23.0 Å². The molecule has 1 N–H and O–H groups in total. The van der Waals surface area contributed by atoms with Crippen LogP contribution in [0, 0.1) is 0 Å². The molecule has 1 aromatic carbocycles. The molecule has 2 aromatic rings. The molecule has 0 radical (unpaired) electrons. The van der Waals surface area contributed by atoms with E-state index in [1.807, 2.05) is 18.2 Å². The van der Waals surface area contributed by atoms with Gasteiger partial charge in [-0.1, -0.05) is 29.6 Å². The van der Waals surface area contributed by atoms with Gasteiger partial charge in [-0.2, -0.15) is 4.98 Å². The maximum Gasteiger partial charge on any atom is 0.244 e. The molecule has 0 amide bonds. The second kappa shape index (κ2) is 6.24. The lowest BCUT2D eigenvalue weighted by molar-refractivity contribution is 0.327. The van der Waals surface area contributed by atoms with Gasteiger partial charge in [0.2, 0.25) is 11.7 Å². The van der Waals surface area contributed by atoms with Crippen LogP contribution in [0.1, 0.15) is 37.6 Å². The Morgan fingerprint density at radius 3 is 3.05 bits per heavy atom. The van der Waals surface area contributed by atoms with Crippen LogP contribution in [0.2, 0.25) is 5.02 Å². The Morgan fingerprint density at radius 2 is 2.20 bits per heavy atom. The van der Waals surface area contributed by atoms with Crippen LogP contribution in [0.5, 0.6) is 0 Å². The summed E-state index contributed by atoms with van der Waals surface area (Å²) in [7, 11) is 0. The first-order valence-electron chi connectivity index (χ1n) is 6.76. The largest absolute Gasteiger partial charge is 0.337 e. The molecule has 0 aliphatic carbocycles. The summed E-state index contributed by atoms with van der Waals surface area (Å²) in [6.45, 7) is 1.01. The molecule has 1 saturated heterocycles. The average molecular weight is 357 g/mol. The van der Waals surface area contributed by atoms with Crippen molar-refractivity contribution in [1.29, 1.82) is 0 Å². The first-order valence-corrected chi connectivity index (χ1v) is 7.93. The number of halogens is 2. The van der Waals surface area contributed by atoms with Crippen molar-refractivity contribution < 1.29 is 4.52 Å². The Kier molecular flexibility index (Phi) is 4.38. The molecule has 1 unspecified atom stereocenters. The van der Waals surface area contributed by atoms with Crippen LogP contribution in [-0.2, 0) is 0 Å². The summed E-state index contributed by atoms with van der Waals surface area (Å²) >= 11 is 9.40. The predicted octanol–water partition coefficient (Wildman–Crippen LogP) is 4.36. The van der Waals surface area contributed by atoms with Crippen LogP contribution < -0.4 is 5.32 Å². The van der Waals surface area contributed by atoms with E-state index in [-0.39, 0.29) is 6.04 Å². The summed E-state index contributed by atoms with van der Waals surface area (Å²) in [6.07, 6.45) is 4.71. The van der Waals surface area contributed by atoms with E-state index >= 15 is 0 Å². The van der Waals surface area contributed by atoms with Gasteiger partial charge in [0.25, 0.3) is 0 Å². The Hall–Kier alpha value is -0.910. The Morgan fingerprint density at radius 1 is 1.30 bits per heavy atom. The van der Waals surface area contributed by atoms with E-state index in [9.17, 15) is 0 Å². The summed E-state index contributed by atoms with van der Waals surface area (Å²) < 4.78 is 6.24. The molecule has 0 spiro atoms. The van der Waals surface area contributed by atoms with Gasteiger partial charge in [0, 0.05) is 10.0 Å². The molecule has 3 rings (SSSR count). The lowest BCUT2D eigenvalue weighted by Gasteiger charge is -2.09. The standard InChI is InChI=1S/C14H15BrClN3O/c15-10-8-9(5-6-11(10)16)13-18-14(20-19-13)12-4-2-1-3-7-17-12/h5-6,8,12,17H,1-4,7H2. The first-order chi connectivity index (χ1) is 9.74. The Labute approximate surface area is 131 Å². The number of aromatic nitrogens is 2. The topological polar surface area (TPSA) is 51.0 Å². The van der Waals surface area contributed by atoms with Gasteiger partial charge in [-0.3, -0.25) is 0 Å². The van der Waals surface area contributed by atoms with Crippen molar-refractivity contribution in [2.75, 3.05) is 6.54 Å². The molecule has 0 saturated carbocycles. The molecule has 106 valence electrons. The first kappa shape index (κ1) is 14.0. The molecule has 6 heteroatoms. The highest BCUT2D eigenvalue weighted by Gasteiger charge is 2.20. The minimum Gasteiger partial charge on any atom is -0.337 e. The van der Waals surface area contributed by atoms with E-state index < -0.39 is 0 Å². The molecular weight excluding hydrogens is 342 g/mol. The SMILES string of the molecule is Clc1ccc(-c2noc(C3CCCCCN3)n2)cc1Br. The summed E-state index contributed by atoms with van der Waals surface area (Å²) in [5.41, 5.74) is 0.893. The predicted molar refractivity (Wildman–Crippen MR) is 81.7 cm³/mol. The van der Waals surface area contributed by atoms with Crippen LogP contribution >= 0.6 is 27.5 Å². The van der Waals surface area contributed by atoms with Gasteiger partial charge >= 0.3 is 0 Å². The summed E-state index contributed by atoms with van der Waals surface area (Å²) in [5, 5.41) is 8.20. The highest BCUT2D eigenvalue weighted by atomic mass is 79.9. The van der Waals surface area contributed by atoms with Crippen LogP contribution in [0.15, 0.2) is 27.2 Å². The molecular formula is C14H15BrClN3O. The smallest absolute Gasteiger partial charge is 0.244 e. The van der Waals surface area contributed by atoms with Gasteiger partial charge in [-0.15, -0.1) is 0 Å². The molecule has 2 heterocycles. The molecule has 1 aliphatic heterocycles. The molecule has 20 heavy (non-hydrogen) atoms. The fourth-order valence-corrected chi connectivity index (χ4v) is 2.86. The van der Waals surface area contributed by atoms with E-state index in [0.29, 0.717) is 16.7 Å². The van der Waals surface area contributed by atoms with E-state index in [2.05, 4.69) is 31.4 Å². The van der Waals surface area contributed by atoms with E-state index in [4.69, 9.17) is 16.1 Å². The van der Waals surface area contributed by atoms with Gasteiger partial charge in [0.15, 0.2) is 0 Å². The van der Waals surface area contributed by atoms with Gasteiger partial charge in [0.1, 0.15) is 0 Å². The highest BCUT2D eigenvalue weighted by Crippen LogP contribution is 2.29. The minimum absolute atomic E-state index is 0.175. The number of nitrogens with one attached hydrogen (secondary N) is 1. The Bertz CT molecular complexity index is 594. The van der Waals surface area contributed by atoms with Gasteiger partial charge in [-0.05, 0) is 53.5 Å². The van der Waals surface area contributed by atoms with E-state index in [1.165, 1.54) is 19.3 Å². The third-order valence-corrected chi connectivity index (χ3v) is 4.69.